The molecule has 13 heavy (non-hydrogen) atoms. The Balaban J connectivity index is 2.45. The average Bonchev–Trinajstić information content (AvgIpc) is 2.14. The van der Waals surface area contributed by atoms with Crippen molar-refractivity contribution >= 4 is 0 Å². The first kappa shape index (κ1) is 10.0. The maximum absolute atomic E-state index is 9.14. The summed E-state index contributed by atoms with van der Waals surface area (Å²) in [6.45, 7) is 2.47. The lowest BCUT2D eigenvalue weighted by Gasteiger charge is -2.10. The maximum Gasteiger partial charge on any atom is 0.119 e. The van der Waals surface area contributed by atoms with Crippen LogP contribution in [0, 0.1) is 6.92 Å². The van der Waals surface area contributed by atoms with Crippen LogP contribution in [-0.4, -0.2) is 24.4 Å². The predicted octanol–water partition coefficient (Wildman–Crippen LogP) is 0.693. The largest absolute Gasteiger partial charge is 0.491 e. The van der Waals surface area contributed by atoms with Gasteiger partial charge in [0.2, 0.25) is 0 Å². The summed E-state index contributed by atoms with van der Waals surface area (Å²) < 4.78 is 5.31. The zero-order valence-corrected chi connectivity index (χ0v) is 7.73. The number of hydrogen-bond donors (Lipinski definition) is 2. The van der Waals surface area contributed by atoms with Gasteiger partial charge in [-0.05, 0) is 24.6 Å². The van der Waals surface area contributed by atoms with Crippen molar-refractivity contribution in [3.8, 4) is 5.75 Å². The molecule has 1 atom stereocenters. The molecule has 3 N–H and O–H groups in total. The van der Waals surface area contributed by atoms with Crippen LogP contribution in [0.15, 0.2) is 24.3 Å². The van der Waals surface area contributed by atoms with Gasteiger partial charge in [0.1, 0.15) is 18.5 Å². The molecule has 0 aromatic heterocycles. The maximum atomic E-state index is 9.14. The Kier molecular flexibility index (Phi) is 3.73. The molecule has 3 heteroatoms. The molecule has 0 amide bonds. The molecule has 1 aromatic rings. The lowest BCUT2D eigenvalue weighted by atomic mass is 10.2. The van der Waals surface area contributed by atoms with E-state index in [1.807, 2.05) is 31.2 Å². The van der Waals surface area contributed by atoms with Crippen LogP contribution in [0.1, 0.15) is 5.56 Å². The Labute approximate surface area is 78.1 Å². The number of benzene rings is 1. The van der Waals surface area contributed by atoms with Crippen LogP contribution in [0.2, 0.25) is 0 Å². The Morgan fingerprint density at radius 1 is 1.54 bits per heavy atom. The molecule has 1 rings (SSSR count). The first-order valence-electron chi connectivity index (χ1n) is 4.30. The molecule has 1 aromatic carbocycles. The summed E-state index contributed by atoms with van der Waals surface area (Å²) in [5.41, 5.74) is 6.37. The third-order valence-corrected chi connectivity index (χ3v) is 1.70. The molecule has 0 saturated heterocycles. The van der Waals surface area contributed by atoms with E-state index >= 15 is 0 Å². The van der Waals surface area contributed by atoms with Gasteiger partial charge in [-0.1, -0.05) is 12.1 Å². The van der Waals surface area contributed by atoms with Crippen LogP contribution >= 0.6 is 0 Å². The van der Waals surface area contributed by atoms with Gasteiger partial charge in [-0.2, -0.15) is 0 Å². The van der Waals surface area contributed by atoms with Crippen molar-refractivity contribution in [1.29, 1.82) is 0 Å². The monoisotopic (exact) mass is 181 g/mol. The Morgan fingerprint density at radius 3 is 2.92 bits per heavy atom. The molecule has 0 aliphatic rings. The summed E-state index contributed by atoms with van der Waals surface area (Å²) in [7, 11) is 0. The van der Waals surface area contributed by atoms with E-state index in [-0.39, 0.29) is 13.2 Å². The molecule has 0 aliphatic heterocycles. The number of hydrogen-bond acceptors (Lipinski definition) is 3. The average molecular weight is 181 g/mol. The summed E-state index contributed by atoms with van der Waals surface area (Å²) in [6.07, 6.45) is -0.583. The lowest BCUT2D eigenvalue weighted by Crippen LogP contribution is -2.26. The van der Waals surface area contributed by atoms with Crippen molar-refractivity contribution in [2.24, 2.45) is 5.73 Å². The molecule has 0 bridgehead atoms. The Hall–Kier alpha value is -1.06. The van der Waals surface area contributed by atoms with Crippen LogP contribution in [0.4, 0.5) is 0 Å². The summed E-state index contributed by atoms with van der Waals surface area (Å²) in [5.74, 6) is 0.771. The van der Waals surface area contributed by atoms with E-state index in [0.717, 1.165) is 11.3 Å². The van der Waals surface area contributed by atoms with Crippen molar-refractivity contribution in [1.82, 2.24) is 0 Å². The molecule has 72 valence electrons. The second kappa shape index (κ2) is 4.84. The molecule has 0 fully saturated rings. The molecule has 0 heterocycles. The van der Waals surface area contributed by atoms with Gasteiger partial charge in [0, 0.05) is 6.54 Å². The molecule has 0 spiro atoms. The Bertz CT molecular complexity index is 263. The second-order valence-electron chi connectivity index (χ2n) is 3.02. The number of ether oxygens (including phenoxy) is 1. The van der Waals surface area contributed by atoms with Gasteiger partial charge >= 0.3 is 0 Å². The molecular formula is C10H15NO2. The van der Waals surface area contributed by atoms with Gasteiger partial charge in [-0.25, -0.2) is 0 Å². The van der Waals surface area contributed by atoms with E-state index in [1.54, 1.807) is 0 Å². The molecule has 0 aliphatic carbocycles. The standard InChI is InChI=1S/C10H15NO2/c1-8-3-2-4-10(5-8)13-7-9(12)6-11/h2-5,9,12H,6-7,11H2,1H3/t9-/m0/s1. The van der Waals surface area contributed by atoms with E-state index < -0.39 is 6.10 Å². The molecule has 0 radical (unpaired) electrons. The minimum absolute atomic E-state index is 0.228. The molecule has 3 nitrogen and oxygen atoms in total. The highest BCUT2D eigenvalue weighted by Gasteiger charge is 2.01. The summed E-state index contributed by atoms with van der Waals surface area (Å²) in [4.78, 5) is 0. The number of rotatable bonds is 4. The van der Waals surface area contributed by atoms with Crippen LogP contribution in [-0.2, 0) is 0 Å². The quantitative estimate of drug-likeness (QED) is 0.718. The van der Waals surface area contributed by atoms with Crippen molar-refractivity contribution in [2.75, 3.05) is 13.2 Å². The van der Waals surface area contributed by atoms with Crippen LogP contribution in [0.3, 0.4) is 0 Å². The summed E-state index contributed by atoms with van der Waals surface area (Å²) >= 11 is 0. The van der Waals surface area contributed by atoms with Gasteiger partial charge in [0.05, 0.1) is 0 Å². The van der Waals surface area contributed by atoms with Gasteiger partial charge < -0.3 is 15.6 Å². The molecular weight excluding hydrogens is 166 g/mol. The van der Waals surface area contributed by atoms with Gasteiger partial charge in [-0.15, -0.1) is 0 Å². The number of aliphatic hydroxyl groups excluding tert-OH is 1. The van der Waals surface area contributed by atoms with Crippen molar-refractivity contribution in [3.63, 3.8) is 0 Å². The van der Waals surface area contributed by atoms with Crippen molar-refractivity contribution < 1.29 is 9.84 Å². The van der Waals surface area contributed by atoms with Gasteiger partial charge in [-0.3, -0.25) is 0 Å². The lowest BCUT2D eigenvalue weighted by molar-refractivity contribution is 0.114. The molecule has 0 unspecified atom stereocenters. The summed E-state index contributed by atoms with van der Waals surface area (Å²) in [6, 6.07) is 7.69. The Morgan fingerprint density at radius 2 is 2.31 bits per heavy atom. The topological polar surface area (TPSA) is 55.5 Å². The SMILES string of the molecule is Cc1cccc(OC[C@@H](O)CN)c1. The first-order chi connectivity index (χ1) is 6.22. The van der Waals surface area contributed by atoms with E-state index in [9.17, 15) is 0 Å². The van der Waals surface area contributed by atoms with E-state index in [0.29, 0.717) is 0 Å². The fourth-order valence-electron chi connectivity index (χ4n) is 0.966. The van der Waals surface area contributed by atoms with E-state index in [2.05, 4.69) is 0 Å². The number of aliphatic hydroxyl groups is 1. The number of aryl methyl sites for hydroxylation is 1. The van der Waals surface area contributed by atoms with Crippen molar-refractivity contribution in [3.05, 3.63) is 29.8 Å². The highest BCUT2D eigenvalue weighted by molar-refractivity contribution is 5.27. The first-order valence-corrected chi connectivity index (χ1v) is 4.30. The minimum atomic E-state index is -0.583. The highest BCUT2D eigenvalue weighted by atomic mass is 16.5. The fourth-order valence-corrected chi connectivity index (χ4v) is 0.966. The van der Waals surface area contributed by atoms with Crippen LogP contribution in [0.25, 0.3) is 0 Å². The third-order valence-electron chi connectivity index (χ3n) is 1.70. The molecule has 0 saturated carbocycles. The van der Waals surface area contributed by atoms with Crippen molar-refractivity contribution in [2.45, 2.75) is 13.0 Å². The second-order valence-corrected chi connectivity index (χ2v) is 3.02. The fraction of sp³-hybridized carbons (Fsp3) is 0.400. The van der Waals surface area contributed by atoms with Gasteiger partial charge in [0.25, 0.3) is 0 Å². The van der Waals surface area contributed by atoms with E-state index in [4.69, 9.17) is 15.6 Å². The number of nitrogens with two attached hydrogens (primary N) is 1. The highest BCUT2D eigenvalue weighted by Crippen LogP contribution is 2.12. The normalized spacial score (nSPS) is 12.5. The third kappa shape index (κ3) is 3.44. The van der Waals surface area contributed by atoms with Crippen LogP contribution in [0.5, 0.6) is 5.75 Å². The predicted molar refractivity (Wildman–Crippen MR) is 51.7 cm³/mol. The van der Waals surface area contributed by atoms with E-state index in [1.165, 1.54) is 0 Å². The minimum Gasteiger partial charge on any atom is -0.491 e. The van der Waals surface area contributed by atoms with Crippen LogP contribution < -0.4 is 10.5 Å². The smallest absolute Gasteiger partial charge is 0.119 e. The zero-order chi connectivity index (χ0) is 9.68. The van der Waals surface area contributed by atoms with Gasteiger partial charge in [0.15, 0.2) is 0 Å². The summed E-state index contributed by atoms with van der Waals surface area (Å²) in [5, 5.41) is 9.14. The zero-order valence-electron chi connectivity index (χ0n) is 7.73.